The van der Waals surface area contributed by atoms with Crippen molar-refractivity contribution in [2.24, 2.45) is 0 Å². The van der Waals surface area contributed by atoms with Gasteiger partial charge in [-0.05, 0) is 30.7 Å². The smallest absolute Gasteiger partial charge is 0.405 e. The summed E-state index contributed by atoms with van der Waals surface area (Å²) in [6.45, 7) is 5.43. The summed E-state index contributed by atoms with van der Waals surface area (Å²) in [6.07, 6.45) is 0. The predicted octanol–water partition coefficient (Wildman–Crippen LogP) is 3.63. The van der Waals surface area contributed by atoms with Crippen molar-refractivity contribution < 1.29 is 19.1 Å². The average molecular weight is 423 g/mol. The summed E-state index contributed by atoms with van der Waals surface area (Å²) in [5.74, 6) is -0.842. The summed E-state index contributed by atoms with van der Waals surface area (Å²) in [7, 11) is 0. The van der Waals surface area contributed by atoms with Crippen LogP contribution in [0.4, 0.5) is 4.79 Å². The van der Waals surface area contributed by atoms with Crippen molar-refractivity contribution in [3.63, 3.8) is 0 Å². The zero-order valence-electron chi connectivity index (χ0n) is 15.9. The van der Waals surface area contributed by atoms with Crippen LogP contribution in [0.2, 0.25) is 0 Å². The standard InChI is InChI=1S/C22H15ClN2O5/c1-11(2)22(30-21(23)28)15-8-17-18-13(7-12-5-3-4-6-16(12)24-18)9-25(17)19(26)14(15)10-29-20(22)27/h3-8H,1,9-10H2,2H3/t22-/m0/s1. The van der Waals surface area contributed by atoms with E-state index in [0.29, 0.717) is 17.9 Å². The van der Waals surface area contributed by atoms with Gasteiger partial charge >= 0.3 is 11.4 Å². The molecule has 0 fully saturated rings. The number of fused-ring (bicyclic) bond motifs is 5. The minimum absolute atomic E-state index is 0.177. The molecular formula is C22H15ClN2O5. The number of carbonyl (C=O) groups excluding carboxylic acids is 2. The number of benzene rings is 1. The summed E-state index contributed by atoms with van der Waals surface area (Å²) >= 11 is 5.47. The van der Waals surface area contributed by atoms with Crippen molar-refractivity contribution in [3.05, 3.63) is 75.6 Å². The average Bonchev–Trinajstić information content (AvgIpc) is 3.06. The first kappa shape index (κ1) is 18.6. The molecule has 0 bridgehead atoms. The van der Waals surface area contributed by atoms with Gasteiger partial charge in [-0.15, -0.1) is 0 Å². The molecule has 0 spiro atoms. The largest absolute Gasteiger partial charge is 0.457 e. The van der Waals surface area contributed by atoms with E-state index in [-0.39, 0.29) is 28.9 Å². The molecule has 7 nitrogen and oxygen atoms in total. The van der Waals surface area contributed by atoms with Gasteiger partial charge in [0.05, 0.1) is 29.0 Å². The molecule has 2 aromatic heterocycles. The Bertz CT molecular complexity index is 1360. The number of ether oxygens (including phenoxy) is 2. The maximum absolute atomic E-state index is 13.3. The molecule has 0 unspecified atom stereocenters. The first-order valence-corrected chi connectivity index (χ1v) is 9.58. The third-order valence-corrected chi connectivity index (χ3v) is 5.70. The molecule has 8 heteroatoms. The molecule has 0 saturated heterocycles. The first-order chi connectivity index (χ1) is 14.3. The molecule has 150 valence electrons. The molecule has 0 N–H and O–H groups in total. The van der Waals surface area contributed by atoms with Crippen LogP contribution in [0.25, 0.3) is 22.3 Å². The lowest BCUT2D eigenvalue weighted by Gasteiger charge is -2.36. The summed E-state index contributed by atoms with van der Waals surface area (Å²) in [6, 6.07) is 11.3. The zero-order chi connectivity index (χ0) is 21.2. The van der Waals surface area contributed by atoms with Crippen LogP contribution in [0.3, 0.4) is 0 Å². The van der Waals surface area contributed by atoms with E-state index < -0.39 is 17.0 Å². The van der Waals surface area contributed by atoms with E-state index in [9.17, 15) is 14.4 Å². The highest BCUT2D eigenvalue weighted by atomic mass is 35.5. The van der Waals surface area contributed by atoms with Crippen molar-refractivity contribution in [2.45, 2.75) is 25.7 Å². The Morgan fingerprint density at radius 2 is 2.07 bits per heavy atom. The number of pyridine rings is 2. The molecule has 3 aromatic rings. The number of carbonyl (C=O) groups is 2. The molecule has 0 amide bonds. The van der Waals surface area contributed by atoms with Gasteiger partial charge in [0, 0.05) is 28.1 Å². The Balaban J connectivity index is 1.82. The summed E-state index contributed by atoms with van der Waals surface area (Å²) < 4.78 is 12.0. The van der Waals surface area contributed by atoms with Gasteiger partial charge in [-0.3, -0.25) is 4.79 Å². The Morgan fingerprint density at radius 1 is 1.30 bits per heavy atom. The van der Waals surface area contributed by atoms with E-state index in [1.807, 2.05) is 30.3 Å². The fourth-order valence-electron chi connectivity index (χ4n) is 4.23. The Labute approximate surface area is 175 Å². The first-order valence-electron chi connectivity index (χ1n) is 9.21. The van der Waals surface area contributed by atoms with E-state index >= 15 is 0 Å². The van der Waals surface area contributed by atoms with Crippen LogP contribution in [-0.2, 0) is 33.0 Å². The van der Waals surface area contributed by atoms with Crippen molar-refractivity contribution >= 4 is 33.9 Å². The number of hydrogen-bond donors (Lipinski definition) is 0. The van der Waals surface area contributed by atoms with Crippen molar-refractivity contribution in [2.75, 3.05) is 0 Å². The predicted molar refractivity (Wildman–Crippen MR) is 109 cm³/mol. The Morgan fingerprint density at radius 3 is 2.80 bits per heavy atom. The Hall–Kier alpha value is -3.45. The van der Waals surface area contributed by atoms with Crippen LogP contribution in [0.1, 0.15) is 23.6 Å². The van der Waals surface area contributed by atoms with Gasteiger partial charge in [-0.1, -0.05) is 24.8 Å². The lowest BCUT2D eigenvalue weighted by molar-refractivity contribution is -0.166. The molecular weight excluding hydrogens is 408 g/mol. The van der Waals surface area contributed by atoms with Gasteiger partial charge in [-0.2, -0.15) is 0 Å². The number of halogens is 1. The highest BCUT2D eigenvalue weighted by Gasteiger charge is 2.52. The van der Waals surface area contributed by atoms with Crippen LogP contribution >= 0.6 is 11.6 Å². The monoisotopic (exact) mass is 422 g/mol. The number of rotatable bonds is 2. The normalized spacial score (nSPS) is 18.9. The van der Waals surface area contributed by atoms with E-state index in [1.165, 1.54) is 6.92 Å². The fraction of sp³-hybridized carbons (Fsp3) is 0.182. The van der Waals surface area contributed by atoms with Gasteiger partial charge in [-0.25, -0.2) is 14.6 Å². The van der Waals surface area contributed by atoms with Crippen LogP contribution in [0, 0.1) is 0 Å². The molecule has 1 aromatic carbocycles. The van der Waals surface area contributed by atoms with Gasteiger partial charge in [0.15, 0.2) is 0 Å². The number of nitrogens with zero attached hydrogens (tertiary/aromatic N) is 2. The Kier molecular flexibility index (Phi) is 3.88. The van der Waals surface area contributed by atoms with E-state index in [0.717, 1.165) is 16.5 Å². The van der Waals surface area contributed by atoms with E-state index in [1.54, 1.807) is 10.6 Å². The second-order valence-electron chi connectivity index (χ2n) is 7.38. The molecule has 4 heterocycles. The third kappa shape index (κ3) is 2.39. The lowest BCUT2D eigenvalue weighted by atomic mass is 9.83. The van der Waals surface area contributed by atoms with E-state index in [2.05, 4.69) is 6.58 Å². The fourth-order valence-corrected chi connectivity index (χ4v) is 4.34. The molecule has 2 aliphatic rings. The number of para-hydroxylation sites is 1. The lowest BCUT2D eigenvalue weighted by Crippen LogP contribution is -2.48. The molecule has 1 atom stereocenters. The number of cyclic esters (lactones) is 1. The minimum atomic E-state index is -1.99. The molecule has 30 heavy (non-hydrogen) atoms. The maximum atomic E-state index is 13.3. The second kappa shape index (κ2) is 6.27. The summed E-state index contributed by atoms with van der Waals surface area (Å²) in [4.78, 5) is 42.4. The summed E-state index contributed by atoms with van der Waals surface area (Å²) in [5, 5.41) is 0.965. The molecule has 0 radical (unpaired) electrons. The molecule has 0 aliphatic carbocycles. The van der Waals surface area contributed by atoms with Crippen LogP contribution in [-0.4, -0.2) is 20.9 Å². The van der Waals surface area contributed by atoms with Crippen molar-refractivity contribution in [1.29, 1.82) is 0 Å². The topological polar surface area (TPSA) is 87.5 Å². The number of hydrogen-bond acceptors (Lipinski definition) is 6. The van der Waals surface area contributed by atoms with Gasteiger partial charge < -0.3 is 14.0 Å². The molecule has 2 aliphatic heterocycles. The van der Waals surface area contributed by atoms with Crippen molar-refractivity contribution in [1.82, 2.24) is 9.55 Å². The van der Waals surface area contributed by atoms with Crippen LogP contribution < -0.4 is 5.56 Å². The zero-order valence-corrected chi connectivity index (χ0v) is 16.7. The van der Waals surface area contributed by atoms with Gasteiger partial charge in [0.1, 0.15) is 6.61 Å². The van der Waals surface area contributed by atoms with E-state index in [4.69, 9.17) is 26.1 Å². The molecule has 0 saturated carbocycles. The number of esters is 1. The molecule has 5 rings (SSSR count). The van der Waals surface area contributed by atoms with Crippen molar-refractivity contribution in [3.8, 4) is 11.4 Å². The van der Waals surface area contributed by atoms with Gasteiger partial charge in [0.25, 0.3) is 11.2 Å². The SMILES string of the molecule is C=C(C)[C@@]1(OC(=O)Cl)C(=O)OCc2c1cc1n(c2=O)Cc2cc3ccccc3nc2-1. The minimum Gasteiger partial charge on any atom is -0.457 e. The number of aromatic nitrogens is 2. The van der Waals surface area contributed by atoms with Gasteiger partial charge in [0.2, 0.25) is 0 Å². The highest BCUT2D eigenvalue weighted by molar-refractivity contribution is 6.61. The maximum Gasteiger partial charge on any atom is 0.405 e. The van der Waals surface area contributed by atoms with Crippen LogP contribution in [0.5, 0.6) is 0 Å². The second-order valence-corrected chi connectivity index (χ2v) is 7.69. The highest BCUT2D eigenvalue weighted by Crippen LogP contribution is 2.42. The van der Waals surface area contributed by atoms with Crippen LogP contribution in [0.15, 0.2) is 53.3 Å². The third-order valence-electron chi connectivity index (χ3n) is 5.62. The quantitative estimate of drug-likeness (QED) is 0.278. The summed E-state index contributed by atoms with van der Waals surface area (Å²) in [5.41, 5.74) is -0.0800.